The van der Waals surface area contributed by atoms with E-state index >= 15 is 0 Å². The summed E-state index contributed by atoms with van der Waals surface area (Å²) < 4.78 is 24.8. The number of aryl methyl sites for hydroxylation is 1. The highest BCUT2D eigenvalue weighted by Gasteiger charge is 2.36. The predicted molar refractivity (Wildman–Crippen MR) is 93.4 cm³/mol. The van der Waals surface area contributed by atoms with E-state index in [-0.39, 0.29) is 17.1 Å². The van der Waals surface area contributed by atoms with E-state index < -0.39 is 0 Å². The van der Waals surface area contributed by atoms with Gasteiger partial charge >= 0.3 is 0 Å². The molecule has 0 unspecified atom stereocenters. The van der Waals surface area contributed by atoms with Gasteiger partial charge in [0.15, 0.2) is 11.5 Å². The van der Waals surface area contributed by atoms with Crippen LogP contribution in [0.2, 0.25) is 0 Å². The summed E-state index contributed by atoms with van der Waals surface area (Å²) in [4.78, 5) is 14.0. The molecule has 1 heterocycles. The summed E-state index contributed by atoms with van der Waals surface area (Å²) in [7, 11) is 3.14. The molecular weight excluding hydrogens is 329 g/mol. The van der Waals surface area contributed by atoms with Gasteiger partial charge in [0.2, 0.25) is 5.91 Å². The van der Waals surface area contributed by atoms with Crippen molar-refractivity contribution in [1.29, 1.82) is 0 Å². The molecule has 0 radical (unpaired) electrons. The topological polar surface area (TPSA) is 38.8 Å². The first-order chi connectivity index (χ1) is 11.6. The molecule has 0 N–H and O–H groups in total. The normalized spacial score (nSPS) is 17.2. The highest BCUT2D eigenvalue weighted by molar-refractivity contribution is 8.00. The van der Waals surface area contributed by atoms with E-state index in [0.29, 0.717) is 28.5 Å². The number of benzene rings is 2. The van der Waals surface area contributed by atoms with Crippen molar-refractivity contribution >= 4 is 23.4 Å². The van der Waals surface area contributed by atoms with Crippen LogP contribution in [-0.4, -0.2) is 25.9 Å². The van der Waals surface area contributed by atoms with Gasteiger partial charge in [-0.15, -0.1) is 11.8 Å². The maximum Gasteiger partial charge on any atom is 0.238 e. The zero-order valence-electron chi connectivity index (χ0n) is 13.7. The second-order valence-electron chi connectivity index (χ2n) is 5.44. The van der Waals surface area contributed by atoms with E-state index in [1.54, 1.807) is 44.2 Å². The maximum absolute atomic E-state index is 14.0. The van der Waals surface area contributed by atoms with Gasteiger partial charge in [0.1, 0.15) is 11.2 Å². The number of para-hydroxylation sites is 1. The molecule has 1 fully saturated rings. The van der Waals surface area contributed by atoms with Crippen molar-refractivity contribution in [3.05, 3.63) is 53.3 Å². The van der Waals surface area contributed by atoms with Crippen molar-refractivity contribution in [2.45, 2.75) is 12.3 Å². The van der Waals surface area contributed by atoms with Crippen molar-refractivity contribution in [3.63, 3.8) is 0 Å². The molecule has 1 aliphatic rings. The quantitative estimate of drug-likeness (QED) is 0.840. The van der Waals surface area contributed by atoms with Gasteiger partial charge in [-0.3, -0.25) is 9.69 Å². The first-order valence-corrected chi connectivity index (χ1v) is 8.52. The summed E-state index contributed by atoms with van der Waals surface area (Å²) in [5.41, 5.74) is 1.92. The average Bonchev–Trinajstić information content (AvgIpc) is 2.98. The van der Waals surface area contributed by atoms with E-state index in [9.17, 15) is 9.18 Å². The lowest BCUT2D eigenvalue weighted by molar-refractivity contribution is -0.115. The Labute approximate surface area is 144 Å². The van der Waals surface area contributed by atoms with Crippen LogP contribution in [0.15, 0.2) is 36.4 Å². The molecule has 24 heavy (non-hydrogen) atoms. The third kappa shape index (κ3) is 2.82. The molecule has 126 valence electrons. The van der Waals surface area contributed by atoms with Crippen LogP contribution in [0.25, 0.3) is 0 Å². The largest absolute Gasteiger partial charge is 0.493 e. The van der Waals surface area contributed by atoms with Crippen molar-refractivity contribution in [1.82, 2.24) is 0 Å². The van der Waals surface area contributed by atoms with E-state index in [1.165, 1.54) is 17.8 Å². The summed E-state index contributed by atoms with van der Waals surface area (Å²) in [5.74, 6) is 1.14. The van der Waals surface area contributed by atoms with Crippen LogP contribution in [0.3, 0.4) is 0 Å². The first-order valence-electron chi connectivity index (χ1n) is 7.47. The highest BCUT2D eigenvalue weighted by Crippen LogP contribution is 2.47. The fourth-order valence-corrected chi connectivity index (χ4v) is 3.96. The second-order valence-corrected chi connectivity index (χ2v) is 6.51. The fourth-order valence-electron chi connectivity index (χ4n) is 2.77. The molecule has 1 aliphatic heterocycles. The number of amides is 1. The molecule has 2 aromatic rings. The lowest BCUT2D eigenvalue weighted by Crippen LogP contribution is -2.28. The number of hydrogen-bond donors (Lipinski definition) is 0. The number of thioether (sulfide) groups is 1. The Morgan fingerprint density at radius 1 is 1.21 bits per heavy atom. The zero-order valence-corrected chi connectivity index (χ0v) is 14.5. The van der Waals surface area contributed by atoms with E-state index in [2.05, 4.69) is 0 Å². The smallest absolute Gasteiger partial charge is 0.238 e. The lowest BCUT2D eigenvalue weighted by Gasteiger charge is -2.26. The zero-order chi connectivity index (χ0) is 17.3. The Hall–Kier alpha value is -2.21. The SMILES string of the molecule is COc1cccc([C@H]2SCC(=O)N2c2ccc(C)c(F)c2)c1OC. The summed E-state index contributed by atoms with van der Waals surface area (Å²) in [5, 5.41) is -0.287. The summed E-state index contributed by atoms with van der Waals surface area (Å²) >= 11 is 1.48. The third-order valence-corrected chi connectivity index (χ3v) is 5.20. The molecule has 1 amide bonds. The fraction of sp³-hybridized carbons (Fsp3) is 0.278. The standard InChI is InChI=1S/C18H18FNO3S/c1-11-7-8-12(9-14(11)19)20-16(21)10-24-18(20)13-5-4-6-15(22-2)17(13)23-3/h4-9,18H,10H2,1-3H3/t18-/m1/s1. The van der Waals surface area contributed by atoms with Gasteiger partial charge in [0, 0.05) is 11.3 Å². The van der Waals surface area contributed by atoms with Crippen LogP contribution < -0.4 is 14.4 Å². The molecule has 6 heteroatoms. The molecular formula is C18H18FNO3S. The van der Waals surface area contributed by atoms with E-state index in [0.717, 1.165) is 5.56 Å². The summed E-state index contributed by atoms with van der Waals surface area (Å²) in [6.45, 7) is 1.70. The second kappa shape index (κ2) is 6.73. The molecule has 0 bridgehead atoms. The van der Waals surface area contributed by atoms with Crippen molar-refractivity contribution in [3.8, 4) is 11.5 Å². The molecule has 1 saturated heterocycles. The Kier molecular flexibility index (Phi) is 4.66. The van der Waals surface area contributed by atoms with Crippen LogP contribution in [-0.2, 0) is 4.79 Å². The molecule has 0 aliphatic carbocycles. The minimum Gasteiger partial charge on any atom is -0.493 e. The number of ether oxygens (including phenoxy) is 2. The van der Waals surface area contributed by atoms with Gasteiger partial charge in [-0.2, -0.15) is 0 Å². The van der Waals surface area contributed by atoms with Crippen molar-refractivity contribution in [2.24, 2.45) is 0 Å². The van der Waals surface area contributed by atoms with Gasteiger partial charge < -0.3 is 9.47 Å². The van der Waals surface area contributed by atoms with Crippen LogP contribution in [0, 0.1) is 12.7 Å². The Balaban J connectivity index is 2.07. The van der Waals surface area contributed by atoms with E-state index in [4.69, 9.17) is 9.47 Å². The molecule has 0 saturated carbocycles. The van der Waals surface area contributed by atoms with E-state index in [1.807, 2.05) is 12.1 Å². The molecule has 0 spiro atoms. The summed E-state index contributed by atoms with van der Waals surface area (Å²) in [6, 6.07) is 10.4. The number of nitrogens with zero attached hydrogens (tertiary/aromatic N) is 1. The number of halogens is 1. The number of rotatable bonds is 4. The monoisotopic (exact) mass is 347 g/mol. The van der Waals surface area contributed by atoms with Crippen molar-refractivity contribution < 1.29 is 18.7 Å². The third-order valence-electron chi connectivity index (χ3n) is 4.00. The van der Waals surface area contributed by atoms with Crippen LogP contribution >= 0.6 is 11.8 Å². The van der Waals surface area contributed by atoms with Gasteiger partial charge in [-0.1, -0.05) is 18.2 Å². The predicted octanol–water partition coefficient (Wildman–Crippen LogP) is 3.93. The van der Waals surface area contributed by atoms with Gasteiger partial charge in [-0.05, 0) is 30.7 Å². The van der Waals surface area contributed by atoms with Gasteiger partial charge in [-0.25, -0.2) is 4.39 Å². The molecule has 0 aromatic heterocycles. The van der Waals surface area contributed by atoms with Crippen LogP contribution in [0.4, 0.5) is 10.1 Å². The Morgan fingerprint density at radius 3 is 2.67 bits per heavy atom. The number of hydrogen-bond acceptors (Lipinski definition) is 4. The first kappa shape index (κ1) is 16.6. The Bertz CT molecular complexity index is 781. The Morgan fingerprint density at radius 2 is 2.00 bits per heavy atom. The minimum atomic E-state index is -0.325. The maximum atomic E-state index is 14.0. The molecule has 4 nitrogen and oxygen atoms in total. The molecule has 2 aromatic carbocycles. The number of methoxy groups -OCH3 is 2. The highest BCUT2D eigenvalue weighted by atomic mass is 32.2. The minimum absolute atomic E-state index is 0.0573. The summed E-state index contributed by atoms with van der Waals surface area (Å²) in [6.07, 6.45) is 0. The van der Waals surface area contributed by atoms with Crippen molar-refractivity contribution in [2.75, 3.05) is 24.9 Å². The van der Waals surface area contributed by atoms with Crippen LogP contribution in [0.1, 0.15) is 16.5 Å². The number of carbonyl (C=O) groups excluding carboxylic acids is 1. The van der Waals surface area contributed by atoms with Gasteiger partial charge in [0.25, 0.3) is 0 Å². The van der Waals surface area contributed by atoms with Crippen LogP contribution in [0.5, 0.6) is 11.5 Å². The molecule has 1 atom stereocenters. The number of anilines is 1. The average molecular weight is 347 g/mol. The van der Waals surface area contributed by atoms with Gasteiger partial charge in [0.05, 0.1) is 20.0 Å². The number of carbonyl (C=O) groups is 1. The molecule has 3 rings (SSSR count). The lowest BCUT2D eigenvalue weighted by atomic mass is 10.1.